The number of likely N-dealkylation sites (tertiary alicyclic amines) is 1. The molecule has 0 saturated carbocycles. The van der Waals surface area contributed by atoms with Crippen LogP contribution in [0.4, 0.5) is 0 Å². The van der Waals surface area contributed by atoms with Crippen LogP contribution >= 0.6 is 0 Å². The third kappa shape index (κ3) is 2.84. The first-order valence-electron chi connectivity index (χ1n) is 4.54. The molecule has 0 amide bonds. The summed E-state index contributed by atoms with van der Waals surface area (Å²) < 4.78 is 0. The Bertz CT molecular complexity index is 233. The maximum absolute atomic E-state index is 10.5. The molecule has 3 nitrogen and oxygen atoms in total. The van der Waals surface area contributed by atoms with E-state index < -0.39 is 5.97 Å². The van der Waals surface area contributed by atoms with Crippen molar-refractivity contribution in [2.24, 2.45) is 5.41 Å². The summed E-state index contributed by atoms with van der Waals surface area (Å²) in [4.78, 5) is 12.7. The minimum Gasteiger partial charge on any atom is -0.478 e. The van der Waals surface area contributed by atoms with Crippen LogP contribution in [0.5, 0.6) is 0 Å². The largest absolute Gasteiger partial charge is 0.478 e. The average molecular weight is 183 g/mol. The van der Waals surface area contributed by atoms with Crippen molar-refractivity contribution in [2.75, 3.05) is 19.6 Å². The van der Waals surface area contributed by atoms with Crippen LogP contribution in [0.2, 0.25) is 0 Å². The van der Waals surface area contributed by atoms with Gasteiger partial charge in [0.1, 0.15) is 0 Å². The van der Waals surface area contributed by atoms with Crippen LogP contribution in [0.1, 0.15) is 20.3 Å². The Kier molecular flexibility index (Phi) is 2.76. The molecule has 1 saturated heterocycles. The topological polar surface area (TPSA) is 40.5 Å². The predicted molar refractivity (Wildman–Crippen MR) is 51.6 cm³/mol. The fourth-order valence-electron chi connectivity index (χ4n) is 1.70. The zero-order valence-corrected chi connectivity index (χ0v) is 8.34. The zero-order valence-electron chi connectivity index (χ0n) is 8.34. The lowest BCUT2D eigenvalue weighted by Gasteiger charge is -2.19. The second-order valence-electron chi connectivity index (χ2n) is 4.53. The molecule has 0 bridgehead atoms. The molecule has 3 heteroatoms. The van der Waals surface area contributed by atoms with Crippen molar-refractivity contribution in [3.63, 3.8) is 0 Å². The van der Waals surface area contributed by atoms with Crippen molar-refractivity contribution in [1.82, 2.24) is 4.90 Å². The van der Waals surface area contributed by atoms with Crippen LogP contribution in [-0.4, -0.2) is 35.6 Å². The molecule has 0 spiro atoms. The van der Waals surface area contributed by atoms with Gasteiger partial charge in [0, 0.05) is 18.7 Å². The fourth-order valence-corrected chi connectivity index (χ4v) is 1.70. The molecule has 0 atom stereocenters. The average Bonchev–Trinajstić information content (AvgIpc) is 2.30. The van der Waals surface area contributed by atoms with E-state index in [4.69, 9.17) is 5.11 Å². The Labute approximate surface area is 79.0 Å². The molecule has 0 aromatic rings. The second-order valence-corrected chi connectivity index (χ2v) is 4.53. The molecular weight excluding hydrogens is 166 g/mol. The SMILES string of the molecule is C=C(CN1CCC(C)(C)C1)C(=O)O. The van der Waals surface area contributed by atoms with Gasteiger partial charge in [0.2, 0.25) is 0 Å². The van der Waals surface area contributed by atoms with E-state index in [1.54, 1.807) is 0 Å². The monoisotopic (exact) mass is 183 g/mol. The zero-order chi connectivity index (χ0) is 10.1. The van der Waals surface area contributed by atoms with Crippen LogP contribution in [0.3, 0.4) is 0 Å². The highest BCUT2D eigenvalue weighted by atomic mass is 16.4. The van der Waals surface area contributed by atoms with E-state index in [0.29, 0.717) is 12.0 Å². The standard InChI is InChI=1S/C10H17NO2/c1-8(9(12)13)6-11-5-4-10(2,3)7-11/h1,4-7H2,2-3H3,(H,12,13). The highest BCUT2D eigenvalue weighted by Crippen LogP contribution is 2.28. The van der Waals surface area contributed by atoms with Gasteiger partial charge < -0.3 is 5.11 Å². The van der Waals surface area contributed by atoms with Crippen LogP contribution in [0, 0.1) is 5.41 Å². The van der Waals surface area contributed by atoms with Crippen LogP contribution in [0.25, 0.3) is 0 Å². The number of nitrogens with zero attached hydrogens (tertiary/aromatic N) is 1. The van der Waals surface area contributed by atoms with Crippen molar-refractivity contribution >= 4 is 5.97 Å². The van der Waals surface area contributed by atoms with E-state index in [2.05, 4.69) is 25.3 Å². The molecule has 0 aromatic carbocycles. The van der Waals surface area contributed by atoms with E-state index >= 15 is 0 Å². The van der Waals surface area contributed by atoms with Gasteiger partial charge in [-0.05, 0) is 18.4 Å². The van der Waals surface area contributed by atoms with E-state index in [0.717, 1.165) is 19.5 Å². The summed E-state index contributed by atoms with van der Waals surface area (Å²) in [6, 6.07) is 0. The Hall–Kier alpha value is -0.830. The van der Waals surface area contributed by atoms with Gasteiger partial charge in [-0.2, -0.15) is 0 Å². The van der Waals surface area contributed by atoms with Crippen LogP contribution in [0.15, 0.2) is 12.2 Å². The van der Waals surface area contributed by atoms with Gasteiger partial charge in [-0.15, -0.1) is 0 Å². The van der Waals surface area contributed by atoms with Gasteiger partial charge in [0.15, 0.2) is 0 Å². The molecule has 1 heterocycles. The summed E-state index contributed by atoms with van der Waals surface area (Å²) >= 11 is 0. The summed E-state index contributed by atoms with van der Waals surface area (Å²) in [7, 11) is 0. The Morgan fingerprint density at radius 2 is 2.23 bits per heavy atom. The van der Waals surface area contributed by atoms with Crippen molar-refractivity contribution in [3.05, 3.63) is 12.2 Å². The van der Waals surface area contributed by atoms with E-state index in [-0.39, 0.29) is 5.57 Å². The number of carboxylic acid groups (broad SMARTS) is 1. The molecule has 1 fully saturated rings. The quantitative estimate of drug-likeness (QED) is 0.672. The highest BCUT2D eigenvalue weighted by molar-refractivity contribution is 5.86. The molecule has 74 valence electrons. The van der Waals surface area contributed by atoms with Gasteiger partial charge >= 0.3 is 5.97 Å². The van der Waals surface area contributed by atoms with Crippen molar-refractivity contribution < 1.29 is 9.90 Å². The normalized spacial score (nSPS) is 21.7. The number of hydrogen-bond donors (Lipinski definition) is 1. The minimum atomic E-state index is -0.885. The maximum Gasteiger partial charge on any atom is 0.332 e. The first-order valence-corrected chi connectivity index (χ1v) is 4.54. The molecular formula is C10H17NO2. The molecule has 1 aliphatic rings. The van der Waals surface area contributed by atoms with Crippen molar-refractivity contribution in [3.8, 4) is 0 Å². The predicted octanol–water partition coefficient (Wildman–Crippen LogP) is 1.36. The smallest absolute Gasteiger partial charge is 0.332 e. The van der Waals surface area contributed by atoms with E-state index in [9.17, 15) is 4.79 Å². The molecule has 0 aliphatic carbocycles. The fraction of sp³-hybridized carbons (Fsp3) is 0.700. The second kappa shape index (κ2) is 3.50. The lowest BCUT2D eigenvalue weighted by Crippen LogP contribution is -2.27. The van der Waals surface area contributed by atoms with E-state index in [1.807, 2.05) is 0 Å². The molecule has 0 radical (unpaired) electrons. The molecule has 1 rings (SSSR count). The summed E-state index contributed by atoms with van der Waals surface area (Å²) in [6.07, 6.45) is 1.14. The lowest BCUT2D eigenvalue weighted by atomic mass is 9.93. The van der Waals surface area contributed by atoms with Crippen LogP contribution < -0.4 is 0 Å². The Morgan fingerprint density at radius 1 is 1.62 bits per heavy atom. The van der Waals surface area contributed by atoms with Gasteiger partial charge in [-0.1, -0.05) is 20.4 Å². The van der Waals surface area contributed by atoms with Crippen molar-refractivity contribution in [2.45, 2.75) is 20.3 Å². The molecule has 1 aliphatic heterocycles. The molecule has 1 N–H and O–H groups in total. The van der Waals surface area contributed by atoms with Gasteiger partial charge in [0.25, 0.3) is 0 Å². The van der Waals surface area contributed by atoms with E-state index in [1.165, 1.54) is 0 Å². The summed E-state index contributed by atoms with van der Waals surface area (Å²) in [5.74, 6) is -0.885. The number of rotatable bonds is 3. The molecule has 13 heavy (non-hydrogen) atoms. The molecule has 0 aromatic heterocycles. The minimum absolute atomic E-state index is 0.290. The number of aliphatic carboxylic acids is 1. The third-order valence-electron chi connectivity index (χ3n) is 2.47. The summed E-state index contributed by atoms with van der Waals surface area (Å²) in [5, 5.41) is 8.65. The number of hydrogen-bond acceptors (Lipinski definition) is 2. The first-order chi connectivity index (χ1) is 5.91. The van der Waals surface area contributed by atoms with Crippen LogP contribution in [-0.2, 0) is 4.79 Å². The lowest BCUT2D eigenvalue weighted by molar-refractivity contribution is -0.132. The summed E-state index contributed by atoms with van der Waals surface area (Å²) in [5.41, 5.74) is 0.622. The number of carboxylic acids is 1. The van der Waals surface area contributed by atoms with Crippen molar-refractivity contribution in [1.29, 1.82) is 0 Å². The molecule has 0 unspecified atom stereocenters. The maximum atomic E-state index is 10.5. The van der Waals surface area contributed by atoms with Gasteiger partial charge in [-0.25, -0.2) is 4.79 Å². The third-order valence-corrected chi connectivity index (χ3v) is 2.47. The van der Waals surface area contributed by atoms with Gasteiger partial charge in [0.05, 0.1) is 0 Å². The number of carbonyl (C=O) groups is 1. The highest BCUT2D eigenvalue weighted by Gasteiger charge is 2.29. The Morgan fingerprint density at radius 3 is 2.62 bits per heavy atom. The Balaban J connectivity index is 2.41. The van der Waals surface area contributed by atoms with Gasteiger partial charge in [-0.3, -0.25) is 4.90 Å². The first kappa shape index (κ1) is 10.3. The summed E-state index contributed by atoms with van der Waals surface area (Å²) in [6.45, 7) is 10.4.